The highest BCUT2D eigenvalue weighted by atomic mass is 16.7. The Bertz CT molecular complexity index is 929. The minimum Gasteiger partial charge on any atom is -0.545 e. The first-order valence-electron chi connectivity index (χ1n) is 21.5. The van der Waals surface area contributed by atoms with Crippen molar-refractivity contribution in [3.05, 3.63) is 24.3 Å². The summed E-state index contributed by atoms with van der Waals surface area (Å²) in [6.07, 6.45) is 34.9. The first-order chi connectivity index (χ1) is 25.6. The Kier molecular flexibility index (Phi) is 35.2. The van der Waals surface area contributed by atoms with Crippen molar-refractivity contribution in [1.29, 1.82) is 0 Å². The topological polar surface area (TPSA) is 111 Å². The first-order valence-corrected chi connectivity index (χ1v) is 21.5. The number of carbonyl (C=O) groups is 3. The smallest absolute Gasteiger partial charge is 0.306 e. The molecule has 0 saturated carbocycles. The van der Waals surface area contributed by atoms with Gasteiger partial charge in [0.05, 0.1) is 40.3 Å². The lowest BCUT2D eigenvalue weighted by molar-refractivity contribution is -0.870. The largest absolute Gasteiger partial charge is 0.545 e. The molecule has 0 fully saturated rings. The van der Waals surface area contributed by atoms with E-state index < -0.39 is 24.3 Å². The van der Waals surface area contributed by atoms with Gasteiger partial charge in [0, 0.05) is 12.8 Å². The maximum Gasteiger partial charge on any atom is 0.306 e. The third kappa shape index (κ3) is 37.9. The molecule has 0 amide bonds. The van der Waals surface area contributed by atoms with Gasteiger partial charge in [-0.3, -0.25) is 9.59 Å². The van der Waals surface area contributed by atoms with Gasteiger partial charge in [0.1, 0.15) is 13.2 Å². The number of carbonyl (C=O) groups excluding carboxylic acids is 3. The molecule has 53 heavy (non-hydrogen) atoms. The van der Waals surface area contributed by atoms with Crippen LogP contribution < -0.4 is 5.11 Å². The normalized spacial score (nSPS) is 13.2. The second-order valence-electron chi connectivity index (χ2n) is 15.6. The average molecular weight is 752 g/mol. The number of esters is 2. The van der Waals surface area contributed by atoms with E-state index in [9.17, 15) is 19.5 Å². The number of allylic oxidation sites excluding steroid dienone is 4. The second kappa shape index (κ2) is 36.7. The van der Waals surface area contributed by atoms with Gasteiger partial charge in [-0.2, -0.15) is 0 Å². The lowest BCUT2D eigenvalue weighted by Crippen LogP contribution is -2.44. The van der Waals surface area contributed by atoms with E-state index in [0.717, 1.165) is 70.6 Å². The van der Waals surface area contributed by atoms with Crippen molar-refractivity contribution in [2.24, 2.45) is 0 Å². The summed E-state index contributed by atoms with van der Waals surface area (Å²) in [6.45, 7) is 4.67. The Morgan fingerprint density at radius 3 is 1.45 bits per heavy atom. The number of rotatable bonds is 39. The minimum absolute atomic E-state index is 0.146. The van der Waals surface area contributed by atoms with Gasteiger partial charge < -0.3 is 33.3 Å². The summed E-state index contributed by atoms with van der Waals surface area (Å²) < 4.78 is 22.5. The summed E-state index contributed by atoms with van der Waals surface area (Å²) in [5.74, 6) is -2.30. The predicted molar refractivity (Wildman–Crippen MR) is 214 cm³/mol. The van der Waals surface area contributed by atoms with Crippen molar-refractivity contribution >= 4 is 17.9 Å². The second-order valence-corrected chi connectivity index (χ2v) is 15.6. The van der Waals surface area contributed by atoms with Gasteiger partial charge in [0.2, 0.25) is 0 Å². The van der Waals surface area contributed by atoms with E-state index in [-0.39, 0.29) is 38.6 Å². The molecular weight excluding hydrogens is 670 g/mol. The molecule has 0 bridgehead atoms. The standard InChI is InChI=1S/C44H81NO8/c1-6-8-10-12-14-16-18-19-20-21-22-23-25-27-29-31-33-35-42(47)53-40(39-52-44(43(48)49)50-37-36-45(3,4)5)38-51-41(46)34-32-30-28-26-24-17-15-13-11-9-7-2/h13,15,19-20,40,44H,6-12,14,16-18,21-39H2,1-5H3/b15-13-,20-19-. The molecule has 9 nitrogen and oxygen atoms in total. The van der Waals surface area contributed by atoms with Crippen LogP contribution in [0.5, 0.6) is 0 Å². The van der Waals surface area contributed by atoms with Gasteiger partial charge in [0.15, 0.2) is 12.4 Å². The van der Waals surface area contributed by atoms with Crippen LogP contribution in [0, 0.1) is 0 Å². The molecule has 0 rings (SSSR count). The molecule has 0 N–H and O–H groups in total. The number of nitrogens with zero attached hydrogens (tertiary/aromatic N) is 1. The van der Waals surface area contributed by atoms with Gasteiger partial charge >= 0.3 is 11.9 Å². The summed E-state index contributed by atoms with van der Waals surface area (Å²) in [5.41, 5.74) is 0. The highest BCUT2D eigenvalue weighted by molar-refractivity contribution is 5.70. The molecule has 0 aliphatic heterocycles. The molecule has 0 aromatic carbocycles. The third-order valence-corrected chi connectivity index (χ3v) is 9.17. The zero-order valence-electron chi connectivity index (χ0n) is 34.9. The Hall–Kier alpha value is -2.23. The lowest BCUT2D eigenvalue weighted by Gasteiger charge is -2.26. The summed E-state index contributed by atoms with van der Waals surface area (Å²) in [6, 6.07) is 0. The number of hydrogen-bond donors (Lipinski definition) is 0. The molecular formula is C44H81NO8. The number of aliphatic carboxylic acids is 1. The van der Waals surface area contributed by atoms with E-state index in [0.29, 0.717) is 17.4 Å². The first kappa shape index (κ1) is 50.8. The number of likely N-dealkylation sites (N-methyl/N-ethyl adjacent to an activating group) is 1. The van der Waals surface area contributed by atoms with Crippen LogP contribution in [0.4, 0.5) is 0 Å². The quantitative estimate of drug-likeness (QED) is 0.0201. The van der Waals surface area contributed by atoms with Crippen LogP contribution in [0.2, 0.25) is 0 Å². The third-order valence-electron chi connectivity index (χ3n) is 9.17. The highest BCUT2D eigenvalue weighted by Crippen LogP contribution is 2.13. The van der Waals surface area contributed by atoms with Gasteiger partial charge in [-0.05, 0) is 57.8 Å². The lowest BCUT2D eigenvalue weighted by atomic mass is 10.1. The highest BCUT2D eigenvalue weighted by Gasteiger charge is 2.21. The number of ether oxygens (including phenoxy) is 4. The van der Waals surface area contributed by atoms with Crippen molar-refractivity contribution in [3.8, 4) is 0 Å². The SMILES string of the molecule is CCCC/C=C\CCCCCCCC(=O)OCC(COC(OCC[N+](C)(C)C)C(=O)[O-])OC(=O)CCCCCCCCC/C=C\CCCCCCCC. The maximum absolute atomic E-state index is 12.7. The molecule has 0 aromatic rings. The molecule has 0 saturated heterocycles. The summed E-state index contributed by atoms with van der Waals surface area (Å²) >= 11 is 0. The van der Waals surface area contributed by atoms with Crippen LogP contribution in [-0.4, -0.2) is 82.3 Å². The van der Waals surface area contributed by atoms with Gasteiger partial charge in [-0.1, -0.05) is 134 Å². The molecule has 2 unspecified atom stereocenters. The van der Waals surface area contributed by atoms with Gasteiger partial charge in [-0.25, -0.2) is 0 Å². The maximum atomic E-state index is 12.7. The fraction of sp³-hybridized carbons (Fsp3) is 0.841. The number of carboxylic acid groups (broad SMARTS) is 1. The van der Waals surface area contributed by atoms with E-state index in [1.165, 1.54) is 77.0 Å². The predicted octanol–water partition coefficient (Wildman–Crippen LogP) is 9.55. The van der Waals surface area contributed by atoms with E-state index in [1.807, 2.05) is 21.1 Å². The molecule has 0 aliphatic rings. The minimum atomic E-state index is -1.62. The van der Waals surface area contributed by atoms with Crippen molar-refractivity contribution in [2.45, 2.75) is 193 Å². The van der Waals surface area contributed by atoms with Gasteiger partial charge in [0.25, 0.3) is 0 Å². The van der Waals surface area contributed by atoms with E-state index >= 15 is 0 Å². The molecule has 0 spiro atoms. The summed E-state index contributed by atoms with van der Waals surface area (Å²) in [7, 11) is 5.90. The molecule has 0 aromatic heterocycles. The van der Waals surface area contributed by atoms with Crippen LogP contribution in [-0.2, 0) is 33.3 Å². The number of carboxylic acids is 1. The van der Waals surface area contributed by atoms with Gasteiger partial charge in [-0.15, -0.1) is 0 Å². The van der Waals surface area contributed by atoms with Crippen molar-refractivity contribution in [1.82, 2.24) is 0 Å². The van der Waals surface area contributed by atoms with Crippen LogP contribution in [0.1, 0.15) is 181 Å². The Balaban J connectivity index is 4.46. The van der Waals surface area contributed by atoms with E-state index in [4.69, 9.17) is 18.9 Å². The molecule has 2 atom stereocenters. The van der Waals surface area contributed by atoms with Crippen molar-refractivity contribution < 1.29 is 42.9 Å². The number of quaternary nitrogens is 1. The Morgan fingerprint density at radius 2 is 0.981 bits per heavy atom. The van der Waals surface area contributed by atoms with Crippen LogP contribution in [0.25, 0.3) is 0 Å². The van der Waals surface area contributed by atoms with E-state index in [1.54, 1.807) is 0 Å². The fourth-order valence-electron chi connectivity index (χ4n) is 5.74. The van der Waals surface area contributed by atoms with E-state index in [2.05, 4.69) is 38.2 Å². The average Bonchev–Trinajstić information content (AvgIpc) is 3.11. The molecule has 0 radical (unpaired) electrons. The molecule has 0 aliphatic carbocycles. The summed E-state index contributed by atoms with van der Waals surface area (Å²) in [4.78, 5) is 36.8. The van der Waals surface area contributed by atoms with Crippen molar-refractivity contribution in [2.75, 3.05) is 47.5 Å². The monoisotopic (exact) mass is 752 g/mol. The van der Waals surface area contributed by atoms with Crippen LogP contribution in [0.3, 0.4) is 0 Å². The molecule has 9 heteroatoms. The number of unbranched alkanes of at least 4 members (excludes halogenated alkanes) is 20. The Morgan fingerprint density at radius 1 is 0.547 bits per heavy atom. The van der Waals surface area contributed by atoms with Crippen LogP contribution in [0.15, 0.2) is 24.3 Å². The molecule has 310 valence electrons. The summed E-state index contributed by atoms with van der Waals surface area (Å²) in [5, 5.41) is 11.7. The van der Waals surface area contributed by atoms with Crippen LogP contribution >= 0.6 is 0 Å². The fourth-order valence-corrected chi connectivity index (χ4v) is 5.74. The number of hydrogen-bond acceptors (Lipinski definition) is 8. The Labute approximate surface area is 325 Å². The zero-order chi connectivity index (χ0) is 39.3. The zero-order valence-corrected chi connectivity index (χ0v) is 34.9. The molecule has 0 heterocycles. The van der Waals surface area contributed by atoms with Crippen molar-refractivity contribution in [3.63, 3.8) is 0 Å².